The van der Waals surface area contributed by atoms with Gasteiger partial charge in [0, 0.05) is 12.7 Å². The fraction of sp³-hybridized carbons (Fsp3) is 0.211. The van der Waals surface area contributed by atoms with Gasteiger partial charge in [0.15, 0.2) is 4.80 Å². The maximum atomic E-state index is 13.2. The van der Waals surface area contributed by atoms with Crippen molar-refractivity contribution in [3.8, 4) is 16.2 Å². The maximum absolute atomic E-state index is 13.2. The summed E-state index contributed by atoms with van der Waals surface area (Å²) in [5.41, 5.74) is 3.28. The monoisotopic (exact) mass is 342 g/mol. The second-order valence-electron chi connectivity index (χ2n) is 5.47. The number of benzene rings is 2. The number of rotatable bonds is 4. The Morgan fingerprint density at radius 1 is 1.17 bits per heavy atom. The summed E-state index contributed by atoms with van der Waals surface area (Å²) in [6.07, 6.45) is 0. The molecule has 3 rings (SSSR count). The van der Waals surface area contributed by atoms with E-state index in [1.807, 2.05) is 30.3 Å². The van der Waals surface area contributed by atoms with Crippen molar-refractivity contribution in [3.63, 3.8) is 0 Å². The number of halogens is 1. The first kappa shape index (κ1) is 16.5. The highest BCUT2D eigenvalue weighted by Gasteiger charge is 2.12. The molecule has 124 valence electrons. The van der Waals surface area contributed by atoms with Crippen LogP contribution in [0.5, 0.6) is 5.75 Å². The van der Waals surface area contributed by atoms with Crippen LogP contribution in [0, 0.1) is 12.7 Å². The van der Waals surface area contributed by atoms with Crippen LogP contribution in [0.25, 0.3) is 10.4 Å². The molecule has 0 radical (unpaired) electrons. The molecule has 0 aliphatic heterocycles. The van der Waals surface area contributed by atoms with E-state index in [0.29, 0.717) is 6.54 Å². The van der Waals surface area contributed by atoms with Gasteiger partial charge in [0.1, 0.15) is 11.6 Å². The molecular weight excluding hydrogens is 323 g/mol. The molecule has 0 N–H and O–H groups in total. The molecule has 2 aromatic carbocycles. The van der Waals surface area contributed by atoms with Gasteiger partial charge in [-0.25, -0.2) is 4.39 Å². The van der Waals surface area contributed by atoms with E-state index >= 15 is 0 Å². The summed E-state index contributed by atoms with van der Waals surface area (Å²) in [5, 5.41) is 0. The van der Waals surface area contributed by atoms with Crippen molar-refractivity contribution in [2.75, 3.05) is 14.2 Å². The number of thiazole rings is 1. The molecule has 0 aliphatic carbocycles. The Kier molecular flexibility index (Phi) is 4.81. The molecule has 1 heterocycles. The fourth-order valence-electron chi connectivity index (χ4n) is 2.66. The van der Waals surface area contributed by atoms with E-state index in [2.05, 4.69) is 22.5 Å². The molecule has 3 nitrogen and oxygen atoms in total. The van der Waals surface area contributed by atoms with Crippen molar-refractivity contribution in [3.05, 3.63) is 70.4 Å². The zero-order valence-electron chi connectivity index (χ0n) is 13.9. The predicted molar refractivity (Wildman–Crippen MR) is 96.0 cm³/mol. The number of hydrogen-bond donors (Lipinski definition) is 0. The van der Waals surface area contributed by atoms with Crippen molar-refractivity contribution < 1.29 is 9.13 Å². The minimum absolute atomic E-state index is 0.224. The lowest BCUT2D eigenvalue weighted by molar-refractivity contribution is 0.414. The van der Waals surface area contributed by atoms with Gasteiger partial charge in [-0.2, -0.15) is 0 Å². The summed E-state index contributed by atoms with van der Waals surface area (Å²) >= 11 is 1.62. The summed E-state index contributed by atoms with van der Waals surface area (Å²) in [6.45, 7) is 2.79. The second kappa shape index (κ2) is 7.01. The normalized spacial score (nSPS) is 11.8. The lowest BCUT2D eigenvalue weighted by Gasteiger charge is -2.09. The van der Waals surface area contributed by atoms with Crippen molar-refractivity contribution in [1.29, 1.82) is 0 Å². The average molecular weight is 342 g/mol. The first-order valence-corrected chi connectivity index (χ1v) is 8.46. The molecule has 0 amide bonds. The fourth-order valence-corrected chi connectivity index (χ4v) is 3.76. The topological polar surface area (TPSA) is 26.5 Å². The number of aromatic nitrogens is 1. The Labute approximate surface area is 144 Å². The smallest absolute Gasteiger partial charge is 0.185 e. The van der Waals surface area contributed by atoms with E-state index in [1.54, 1.807) is 25.5 Å². The SMILES string of the molecule is CN=c1sc(-c2ccc(F)cc2)c(C)n1Cc1cccc(OC)c1. The van der Waals surface area contributed by atoms with Crippen molar-refractivity contribution in [1.82, 2.24) is 4.57 Å². The molecule has 0 atom stereocenters. The highest BCUT2D eigenvalue weighted by atomic mass is 32.1. The van der Waals surface area contributed by atoms with E-state index in [9.17, 15) is 4.39 Å². The molecule has 0 fully saturated rings. The summed E-state index contributed by atoms with van der Waals surface area (Å²) in [6, 6.07) is 14.6. The highest BCUT2D eigenvalue weighted by Crippen LogP contribution is 2.27. The van der Waals surface area contributed by atoms with Crippen molar-refractivity contribution >= 4 is 11.3 Å². The van der Waals surface area contributed by atoms with E-state index in [-0.39, 0.29) is 5.82 Å². The molecule has 0 aliphatic rings. The standard InChI is InChI=1S/C19H19FN2OS/c1-13-18(15-7-9-16(20)10-8-15)24-19(21-2)22(13)12-14-5-4-6-17(11-14)23-3/h4-11H,12H2,1-3H3. The van der Waals surface area contributed by atoms with Crippen LogP contribution in [0.2, 0.25) is 0 Å². The molecule has 5 heteroatoms. The van der Waals surface area contributed by atoms with Crippen LogP contribution in [0.1, 0.15) is 11.3 Å². The maximum Gasteiger partial charge on any atom is 0.185 e. The van der Waals surface area contributed by atoms with E-state index in [0.717, 1.165) is 32.2 Å². The first-order chi connectivity index (χ1) is 11.6. The summed E-state index contributed by atoms with van der Waals surface area (Å²) in [4.78, 5) is 6.46. The zero-order chi connectivity index (χ0) is 17.1. The molecule has 0 spiro atoms. The quantitative estimate of drug-likeness (QED) is 0.696. The molecular formula is C19H19FN2OS. The average Bonchev–Trinajstić information content (AvgIpc) is 2.92. The van der Waals surface area contributed by atoms with E-state index in [1.165, 1.54) is 12.1 Å². The molecule has 0 unspecified atom stereocenters. The predicted octanol–water partition coefficient (Wildman–Crippen LogP) is 4.25. The Hall–Kier alpha value is -2.40. The van der Waals surface area contributed by atoms with Crippen LogP contribution in [0.4, 0.5) is 4.39 Å². The number of nitrogens with zero attached hydrogens (tertiary/aromatic N) is 2. The summed E-state index contributed by atoms with van der Waals surface area (Å²) in [5.74, 6) is 0.618. The van der Waals surface area contributed by atoms with E-state index in [4.69, 9.17) is 4.74 Å². The van der Waals surface area contributed by atoms with Gasteiger partial charge >= 0.3 is 0 Å². The number of ether oxygens (including phenoxy) is 1. The lowest BCUT2D eigenvalue weighted by Crippen LogP contribution is -2.16. The largest absolute Gasteiger partial charge is 0.497 e. The zero-order valence-corrected chi connectivity index (χ0v) is 14.7. The molecule has 0 saturated heterocycles. The van der Waals surface area contributed by atoms with Gasteiger partial charge in [-0.1, -0.05) is 35.6 Å². The number of hydrogen-bond acceptors (Lipinski definition) is 3. The van der Waals surface area contributed by atoms with Crippen LogP contribution in [0.15, 0.2) is 53.5 Å². The molecule has 3 aromatic rings. The highest BCUT2D eigenvalue weighted by molar-refractivity contribution is 7.13. The minimum Gasteiger partial charge on any atom is -0.497 e. The van der Waals surface area contributed by atoms with Crippen LogP contribution in [-0.2, 0) is 6.54 Å². The molecule has 1 aromatic heterocycles. The molecule has 24 heavy (non-hydrogen) atoms. The second-order valence-corrected chi connectivity index (χ2v) is 6.44. The third-order valence-corrected chi connectivity index (χ3v) is 5.25. The van der Waals surface area contributed by atoms with Gasteiger partial charge in [-0.3, -0.25) is 4.99 Å². The Morgan fingerprint density at radius 3 is 2.58 bits per heavy atom. The van der Waals surface area contributed by atoms with Crippen LogP contribution >= 0.6 is 11.3 Å². The summed E-state index contributed by atoms with van der Waals surface area (Å²) in [7, 11) is 3.46. The van der Waals surface area contributed by atoms with Crippen LogP contribution in [0.3, 0.4) is 0 Å². The van der Waals surface area contributed by atoms with Gasteiger partial charge in [-0.15, -0.1) is 0 Å². The summed E-state index contributed by atoms with van der Waals surface area (Å²) < 4.78 is 20.7. The van der Waals surface area contributed by atoms with Gasteiger partial charge in [-0.05, 0) is 42.3 Å². The van der Waals surface area contributed by atoms with Gasteiger partial charge in [0.2, 0.25) is 0 Å². The molecule has 0 saturated carbocycles. The van der Waals surface area contributed by atoms with Crippen molar-refractivity contribution in [2.45, 2.75) is 13.5 Å². The minimum atomic E-state index is -0.224. The van der Waals surface area contributed by atoms with Gasteiger partial charge in [0.25, 0.3) is 0 Å². The Balaban J connectivity index is 2.03. The third kappa shape index (κ3) is 3.26. The van der Waals surface area contributed by atoms with E-state index < -0.39 is 0 Å². The Bertz CT molecular complexity index is 910. The van der Waals surface area contributed by atoms with Crippen LogP contribution in [-0.4, -0.2) is 18.7 Å². The third-order valence-electron chi connectivity index (χ3n) is 3.93. The van der Waals surface area contributed by atoms with Gasteiger partial charge < -0.3 is 9.30 Å². The van der Waals surface area contributed by atoms with Gasteiger partial charge in [0.05, 0.1) is 18.5 Å². The number of methoxy groups -OCH3 is 1. The van der Waals surface area contributed by atoms with Crippen LogP contribution < -0.4 is 9.54 Å². The Morgan fingerprint density at radius 2 is 1.92 bits per heavy atom. The van der Waals surface area contributed by atoms with Crippen molar-refractivity contribution in [2.24, 2.45) is 4.99 Å². The molecule has 0 bridgehead atoms. The lowest BCUT2D eigenvalue weighted by atomic mass is 10.1. The first-order valence-electron chi connectivity index (χ1n) is 7.64.